The number of fused-ring (bicyclic) bond motifs is 1. The third-order valence-electron chi connectivity index (χ3n) is 3.97. The van der Waals surface area contributed by atoms with Crippen LogP contribution in [-0.2, 0) is 9.53 Å². The van der Waals surface area contributed by atoms with Gasteiger partial charge in [0, 0.05) is 38.1 Å². The minimum Gasteiger partial charge on any atom is -0.462 e. The second-order valence-corrected chi connectivity index (χ2v) is 5.55. The number of nitrogens with zero attached hydrogens (tertiary/aromatic N) is 2. The molecule has 1 aliphatic carbocycles. The van der Waals surface area contributed by atoms with Crippen molar-refractivity contribution in [2.45, 2.75) is 38.7 Å². The van der Waals surface area contributed by atoms with Crippen LogP contribution in [0.15, 0.2) is 12.2 Å². The Kier molecular flexibility index (Phi) is 4.08. The van der Waals surface area contributed by atoms with Crippen molar-refractivity contribution in [3.8, 4) is 0 Å². The van der Waals surface area contributed by atoms with Crippen LogP contribution >= 0.6 is 0 Å². The molecule has 0 atom stereocenters. The van der Waals surface area contributed by atoms with Gasteiger partial charge in [-0.2, -0.15) is 5.10 Å². The van der Waals surface area contributed by atoms with Crippen molar-refractivity contribution in [2.75, 3.05) is 18.0 Å². The molecule has 0 radical (unpaired) electrons. The van der Waals surface area contributed by atoms with Crippen molar-refractivity contribution in [1.29, 1.82) is 0 Å². The summed E-state index contributed by atoms with van der Waals surface area (Å²) in [6.45, 7) is 3.21. The molecule has 1 fully saturated rings. The molecule has 0 amide bonds. The maximum Gasteiger partial charge on any atom is 0.302 e. The molecule has 5 heteroatoms. The van der Waals surface area contributed by atoms with Gasteiger partial charge in [-0.15, -0.1) is 0 Å². The highest BCUT2D eigenvalue weighted by Gasteiger charge is 2.23. The summed E-state index contributed by atoms with van der Waals surface area (Å²) in [6.07, 6.45) is 12.5. The van der Waals surface area contributed by atoms with Gasteiger partial charge in [0.25, 0.3) is 0 Å². The average molecular weight is 287 g/mol. The molecule has 3 rings (SSSR count). The van der Waals surface area contributed by atoms with E-state index >= 15 is 0 Å². The highest BCUT2D eigenvalue weighted by atomic mass is 16.5. The van der Waals surface area contributed by atoms with Crippen molar-refractivity contribution >= 4 is 23.9 Å². The fourth-order valence-electron chi connectivity index (χ4n) is 2.92. The zero-order valence-electron chi connectivity index (χ0n) is 12.3. The molecule has 0 saturated carbocycles. The number of ether oxygens (including phenoxy) is 1. The molecule has 21 heavy (non-hydrogen) atoms. The second-order valence-electron chi connectivity index (χ2n) is 5.55. The monoisotopic (exact) mass is 287 g/mol. The zero-order chi connectivity index (χ0) is 14.7. The van der Waals surface area contributed by atoms with Crippen LogP contribution in [0.5, 0.6) is 0 Å². The molecule has 1 saturated heterocycles. The Labute approximate surface area is 124 Å². The van der Waals surface area contributed by atoms with Crippen LogP contribution in [0.3, 0.4) is 0 Å². The SMILES string of the molecule is CC(=O)OC1CCN(c2n[nH]c3/c2=C\C=C\CC\C=3)CC1. The summed E-state index contributed by atoms with van der Waals surface area (Å²) in [4.78, 5) is 13.3. The van der Waals surface area contributed by atoms with E-state index in [9.17, 15) is 4.79 Å². The number of carbonyl (C=O) groups excluding carboxylic acids is 1. The molecule has 2 aliphatic rings. The van der Waals surface area contributed by atoms with Crippen LogP contribution in [0.2, 0.25) is 0 Å². The van der Waals surface area contributed by atoms with E-state index in [0.29, 0.717) is 0 Å². The first-order valence-electron chi connectivity index (χ1n) is 7.57. The van der Waals surface area contributed by atoms with Gasteiger partial charge in [0.1, 0.15) is 6.10 Å². The Morgan fingerprint density at radius 2 is 2.19 bits per heavy atom. The molecule has 0 spiro atoms. The molecule has 1 N–H and O–H groups in total. The van der Waals surface area contributed by atoms with Crippen molar-refractivity contribution < 1.29 is 9.53 Å². The Morgan fingerprint density at radius 3 is 2.95 bits per heavy atom. The van der Waals surface area contributed by atoms with Gasteiger partial charge in [-0.05, 0) is 18.9 Å². The van der Waals surface area contributed by atoms with Gasteiger partial charge in [0.05, 0.1) is 5.35 Å². The van der Waals surface area contributed by atoms with E-state index in [1.807, 2.05) is 0 Å². The molecule has 1 aromatic heterocycles. The molecule has 5 nitrogen and oxygen atoms in total. The first-order chi connectivity index (χ1) is 10.2. The number of nitrogens with one attached hydrogen (secondary N) is 1. The van der Waals surface area contributed by atoms with Crippen LogP contribution in [0.25, 0.3) is 12.2 Å². The number of piperidine rings is 1. The summed E-state index contributed by atoms with van der Waals surface area (Å²) in [7, 11) is 0. The third kappa shape index (κ3) is 3.17. The lowest BCUT2D eigenvalue weighted by molar-refractivity contribution is -0.147. The van der Waals surface area contributed by atoms with Gasteiger partial charge in [-0.25, -0.2) is 0 Å². The van der Waals surface area contributed by atoms with E-state index in [1.165, 1.54) is 6.92 Å². The van der Waals surface area contributed by atoms with E-state index in [2.05, 4.69) is 39.4 Å². The highest BCUT2D eigenvalue weighted by Crippen LogP contribution is 2.16. The van der Waals surface area contributed by atoms with Crippen LogP contribution in [0, 0.1) is 0 Å². The number of aromatic nitrogens is 2. The lowest BCUT2D eigenvalue weighted by atomic mass is 10.1. The predicted octanol–water partition coefficient (Wildman–Crippen LogP) is 0.853. The van der Waals surface area contributed by atoms with Crippen molar-refractivity contribution in [3.05, 3.63) is 22.7 Å². The van der Waals surface area contributed by atoms with Crippen LogP contribution in [-0.4, -0.2) is 35.4 Å². The number of allylic oxidation sites excluding steroid dienone is 2. The quantitative estimate of drug-likeness (QED) is 0.819. The maximum absolute atomic E-state index is 11.0. The highest BCUT2D eigenvalue weighted by molar-refractivity contribution is 5.66. The standard InChI is InChI=1S/C16H21N3O2/c1-12(20)21-13-8-10-19(11-9-13)16-14-6-4-2-3-5-7-15(14)17-18-16/h2,4,6-7,13,17H,3,5,8-11H2,1H3/b4-2+,14-6+,15-7+. The topological polar surface area (TPSA) is 58.2 Å². The number of aromatic amines is 1. The van der Waals surface area contributed by atoms with Crippen LogP contribution in [0.4, 0.5) is 5.82 Å². The molecule has 0 bridgehead atoms. The van der Waals surface area contributed by atoms with Gasteiger partial charge in [0.15, 0.2) is 5.82 Å². The number of H-pyrrole nitrogens is 1. The average Bonchev–Trinajstić information content (AvgIpc) is 2.81. The van der Waals surface area contributed by atoms with E-state index in [4.69, 9.17) is 4.74 Å². The number of hydrogen-bond donors (Lipinski definition) is 1. The largest absolute Gasteiger partial charge is 0.462 e. The summed E-state index contributed by atoms with van der Waals surface area (Å²) in [5.74, 6) is 0.820. The lowest BCUT2D eigenvalue weighted by Gasteiger charge is -2.31. The van der Waals surface area contributed by atoms with Gasteiger partial charge in [-0.1, -0.05) is 18.2 Å². The summed E-state index contributed by atoms with van der Waals surface area (Å²) in [5.41, 5.74) is 0. The fraction of sp³-hybridized carbons (Fsp3) is 0.500. The molecule has 2 heterocycles. The lowest BCUT2D eigenvalue weighted by Crippen LogP contribution is -2.40. The molecule has 0 aromatic carbocycles. The molecule has 112 valence electrons. The van der Waals surface area contributed by atoms with E-state index in [1.54, 1.807) is 0 Å². The Balaban J connectivity index is 1.78. The zero-order valence-corrected chi connectivity index (χ0v) is 12.3. The first-order valence-corrected chi connectivity index (χ1v) is 7.57. The Morgan fingerprint density at radius 1 is 1.38 bits per heavy atom. The predicted molar refractivity (Wildman–Crippen MR) is 82.1 cm³/mol. The molecular formula is C16H21N3O2. The number of carbonyl (C=O) groups is 1. The molecule has 0 unspecified atom stereocenters. The smallest absolute Gasteiger partial charge is 0.302 e. The summed E-state index contributed by atoms with van der Waals surface area (Å²) in [6, 6.07) is 0. The van der Waals surface area contributed by atoms with Crippen molar-refractivity contribution in [2.24, 2.45) is 0 Å². The summed E-state index contributed by atoms with van der Waals surface area (Å²) < 4.78 is 5.29. The van der Waals surface area contributed by atoms with E-state index < -0.39 is 0 Å². The van der Waals surface area contributed by atoms with Crippen molar-refractivity contribution in [3.63, 3.8) is 0 Å². The minimum atomic E-state index is -0.189. The number of esters is 1. The third-order valence-corrected chi connectivity index (χ3v) is 3.97. The van der Waals surface area contributed by atoms with Crippen LogP contribution < -0.4 is 15.5 Å². The number of hydrogen-bond acceptors (Lipinski definition) is 4. The fourth-order valence-corrected chi connectivity index (χ4v) is 2.92. The van der Waals surface area contributed by atoms with E-state index in [-0.39, 0.29) is 12.1 Å². The number of anilines is 1. The van der Waals surface area contributed by atoms with Crippen LogP contribution in [0.1, 0.15) is 32.6 Å². The first kappa shape index (κ1) is 13.9. The van der Waals surface area contributed by atoms with Gasteiger partial charge >= 0.3 is 5.97 Å². The summed E-state index contributed by atoms with van der Waals surface area (Å²) >= 11 is 0. The molecule has 1 aromatic rings. The normalized spacial score (nSPS) is 23.8. The maximum atomic E-state index is 11.0. The van der Waals surface area contributed by atoms with Gasteiger partial charge < -0.3 is 9.64 Å². The van der Waals surface area contributed by atoms with E-state index in [0.717, 1.165) is 55.2 Å². The minimum absolute atomic E-state index is 0.0509. The molecular weight excluding hydrogens is 266 g/mol. The Bertz CT molecular complexity index is 652. The Hall–Kier alpha value is -2.04. The van der Waals surface area contributed by atoms with Crippen molar-refractivity contribution in [1.82, 2.24) is 10.2 Å². The van der Waals surface area contributed by atoms with Gasteiger partial charge in [0.2, 0.25) is 0 Å². The van der Waals surface area contributed by atoms with Gasteiger partial charge in [-0.3, -0.25) is 9.89 Å². The number of rotatable bonds is 2. The summed E-state index contributed by atoms with van der Waals surface area (Å²) in [5, 5.41) is 9.90. The second kappa shape index (κ2) is 6.16. The molecule has 1 aliphatic heterocycles.